The van der Waals surface area contributed by atoms with Gasteiger partial charge in [0.1, 0.15) is 16.6 Å². The largest absolute Gasteiger partial charge is 0.460 e. The second-order valence-electron chi connectivity index (χ2n) is 11.6. The van der Waals surface area contributed by atoms with E-state index in [9.17, 15) is 14.9 Å². The van der Waals surface area contributed by atoms with Crippen LogP contribution in [0, 0.1) is 16.7 Å². The van der Waals surface area contributed by atoms with Crippen LogP contribution < -0.4 is 0 Å². The minimum Gasteiger partial charge on any atom is -0.460 e. The van der Waals surface area contributed by atoms with E-state index in [4.69, 9.17) is 9.47 Å². The number of nitrogens with zero attached hydrogens (tertiary/aromatic N) is 2. The maximum atomic E-state index is 14.4. The molecule has 0 amide bonds. The molecule has 2 heterocycles. The Balaban J connectivity index is 2.06. The van der Waals surface area contributed by atoms with Gasteiger partial charge in [0, 0.05) is 21.8 Å². The van der Waals surface area contributed by atoms with Crippen LogP contribution in [0.5, 0.6) is 0 Å². The van der Waals surface area contributed by atoms with Gasteiger partial charge in [0.05, 0.1) is 30.6 Å². The molecule has 2 aliphatic heterocycles. The summed E-state index contributed by atoms with van der Waals surface area (Å²) in [5.74, 6) is -0.994. The Hall–Kier alpha value is -3.37. The molecule has 7 heteroatoms. The Bertz CT molecular complexity index is 1370. The van der Waals surface area contributed by atoms with Crippen molar-refractivity contribution in [3.8, 4) is 6.07 Å². The molecule has 6 nitrogen and oxygen atoms in total. The van der Waals surface area contributed by atoms with Crippen LogP contribution in [0.3, 0.4) is 0 Å². The molecule has 0 radical (unpaired) electrons. The van der Waals surface area contributed by atoms with Crippen molar-refractivity contribution in [3.05, 3.63) is 75.9 Å². The summed E-state index contributed by atoms with van der Waals surface area (Å²) in [5, 5.41) is 10.2. The molecule has 0 spiro atoms. The average Bonchev–Trinajstić information content (AvgIpc) is 3.08. The fourth-order valence-corrected chi connectivity index (χ4v) is 5.71. The van der Waals surface area contributed by atoms with Crippen molar-refractivity contribution < 1.29 is 19.1 Å². The highest BCUT2D eigenvalue weighted by atomic mass is 79.9. The van der Waals surface area contributed by atoms with E-state index in [2.05, 4.69) is 22.0 Å². The van der Waals surface area contributed by atoms with Gasteiger partial charge in [-0.3, -0.25) is 9.59 Å². The van der Waals surface area contributed by atoms with Gasteiger partial charge in [-0.15, -0.1) is 0 Å². The normalized spacial score (nSPS) is 20.5. The van der Waals surface area contributed by atoms with Gasteiger partial charge in [-0.25, -0.2) is 0 Å². The number of hydrogen-bond donors (Lipinski definition) is 0. The first kappa shape index (κ1) is 27.7. The first-order valence-corrected chi connectivity index (χ1v) is 13.5. The van der Waals surface area contributed by atoms with Crippen LogP contribution >= 0.6 is 15.9 Å². The van der Waals surface area contributed by atoms with Gasteiger partial charge < -0.3 is 14.4 Å². The lowest BCUT2D eigenvalue weighted by Crippen LogP contribution is -2.49. The van der Waals surface area contributed by atoms with Crippen LogP contribution in [0.2, 0.25) is 0 Å². The van der Waals surface area contributed by atoms with Gasteiger partial charge >= 0.3 is 11.9 Å². The lowest BCUT2D eigenvalue weighted by molar-refractivity contribution is -0.167. The number of hydrogen-bond acceptors (Lipinski definition) is 6. The molecule has 0 saturated heterocycles. The number of benzene rings is 2. The first-order chi connectivity index (χ1) is 17.8. The number of ether oxygens (including phenoxy) is 2. The number of nitriles is 1. The molecule has 0 unspecified atom stereocenters. The fourth-order valence-electron chi connectivity index (χ4n) is 5.23. The second-order valence-corrected chi connectivity index (χ2v) is 12.5. The Morgan fingerprint density at radius 1 is 0.974 bits per heavy atom. The Morgan fingerprint density at radius 3 is 2.18 bits per heavy atom. The van der Waals surface area contributed by atoms with Crippen molar-refractivity contribution in [3.63, 3.8) is 0 Å². The highest BCUT2D eigenvalue weighted by molar-refractivity contribution is 9.10. The van der Waals surface area contributed by atoms with E-state index >= 15 is 0 Å². The average molecular weight is 578 g/mol. The number of fused-ring (bicyclic) bond motifs is 3. The molecule has 198 valence electrons. The van der Waals surface area contributed by atoms with E-state index < -0.39 is 34.6 Å². The van der Waals surface area contributed by atoms with E-state index in [1.807, 2.05) is 86.5 Å². The van der Waals surface area contributed by atoms with Gasteiger partial charge in [0.2, 0.25) is 0 Å². The first-order valence-electron chi connectivity index (χ1n) is 12.7. The summed E-state index contributed by atoms with van der Waals surface area (Å²) in [6, 6.07) is 17.1. The van der Waals surface area contributed by atoms with Crippen molar-refractivity contribution in [1.82, 2.24) is 4.90 Å². The van der Waals surface area contributed by atoms with Gasteiger partial charge in [0.25, 0.3) is 0 Å². The highest BCUT2D eigenvalue weighted by Gasteiger charge is 2.61. The molecule has 4 rings (SSSR count). The van der Waals surface area contributed by atoms with Crippen molar-refractivity contribution in [2.45, 2.75) is 71.6 Å². The minimum absolute atomic E-state index is 0.109. The smallest absolute Gasteiger partial charge is 0.320 e. The summed E-state index contributed by atoms with van der Waals surface area (Å²) in [5.41, 5.74) is 1.12. The van der Waals surface area contributed by atoms with Crippen LogP contribution in [-0.2, 0) is 19.1 Å². The van der Waals surface area contributed by atoms with Crippen LogP contribution in [-0.4, -0.2) is 34.1 Å². The Morgan fingerprint density at radius 2 is 1.58 bits per heavy atom. The van der Waals surface area contributed by atoms with E-state index in [1.165, 1.54) is 0 Å². The maximum Gasteiger partial charge on any atom is 0.320 e. The van der Waals surface area contributed by atoms with Crippen LogP contribution in [0.15, 0.2) is 59.2 Å². The summed E-state index contributed by atoms with van der Waals surface area (Å²) >= 11 is 3.69. The quantitative estimate of drug-likeness (QED) is 0.358. The fraction of sp³-hybridized carbons (Fsp3) is 0.387. The van der Waals surface area contributed by atoms with E-state index in [1.54, 1.807) is 20.8 Å². The van der Waals surface area contributed by atoms with Crippen LogP contribution in [0.25, 0.3) is 17.3 Å². The number of halogens is 1. The predicted octanol–water partition coefficient (Wildman–Crippen LogP) is 6.96. The SMILES string of the molecule is CC(C)(C)OC(=O)C[C@@H]1N2C=Cc3ccccc3C2=C(c2ccccc2Br)[C@]1(CC#N)C(=O)OC(C)(C)C. The molecule has 0 N–H and O–H groups in total. The molecule has 0 bridgehead atoms. The minimum atomic E-state index is -1.47. The molecular weight excluding hydrogens is 544 g/mol. The summed E-state index contributed by atoms with van der Waals surface area (Å²) in [7, 11) is 0. The van der Waals surface area contributed by atoms with E-state index in [0.29, 0.717) is 5.57 Å². The lowest BCUT2D eigenvalue weighted by atomic mass is 9.69. The van der Waals surface area contributed by atoms with Crippen LogP contribution in [0.1, 0.15) is 71.1 Å². The standard InChI is InChI=1S/C31H33BrN2O4/c1-29(2,3)37-25(35)19-24-31(16-17-33,28(36)38-30(4,5)6)26(22-13-9-10-14-23(22)32)27-21-12-8-7-11-20(21)15-18-34(24)27/h7-15,18,24H,16,19H2,1-6H3/t24-,31+/m0/s1. The second kappa shape index (κ2) is 10.1. The topological polar surface area (TPSA) is 79.6 Å². The summed E-state index contributed by atoms with van der Waals surface area (Å²) in [6.07, 6.45) is 3.58. The summed E-state index contributed by atoms with van der Waals surface area (Å²) in [4.78, 5) is 29.6. The zero-order valence-corrected chi connectivity index (χ0v) is 24.3. The monoisotopic (exact) mass is 576 g/mol. The van der Waals surface area contributed by atoms with Gasteiger partial charge in [-0.1, -0.05) is 58.4 Å². The molecule has 2 aromatic carbocycles. The van der Waals surface area contributed by atoms with Crippen molar-refractivity contribution >= 4 is 45.2 Å². The molecule has 0 fully saturated rings. The number of esters is 2. The molecule has 0 aromatic heterocycles. The molecule has 2 aromatic rings. The number of rotatable bonds is 5. The van der Waals surface area contributed by atoms with Gasteiger partial charge in [-0.2, -0.15) is 5.26 Å². The third-order valence-electron chi connectivity index (χ3n) is 6.52. The maximum absolute atomic E-state index is 14.4. The molecule has 2 aliphatic rings. The zero-order valence-electron chi connectivity index (χ0n) is 22.7. The molecule has 0 aliphatic carbocycles. The van der Waals surface area contributed by atoms with Gasteiger partial charge in [-0.05, 0) is 64.8 Å². The van der Waals surface area contributed by atoms with Crippen molar-refractivity contribution in [1.29, 1.82) is 5.26 Å². The molecular formula is C31H33BrN2O4. The Kier molecular flexibility index (Phi) is 7.33. The lowest BCUT2D eigenvalue weighted by Gasteiger charge is -2.39. The van der Waals surface area contributed by atoms with Crippen molar-refractivity contribution in [2.24, 2.45) is 5.41 Å². The predicted molar refractivity (Wildman–Crippen MR) is 151 cm³/mol. The molecule has 0 saturated carbocycles. The number of carbonyl (C=O) groups is 2. The summed E-state index contributed by atoms with van der Waals surface area (Å²) in [6.45, 7) is 10.8. The highest BCUT2D eigenvalue weighted by Crippen LogP contribution is 2.59. The molecule has 38 heavy (non-hydrogen) atoms. The third-order valence-corrected chi connectivity index (χ3v) is 7.21. The van der Waals surface area contributed by atoms with Gasteiger partial charge in [0.15, 0.2) is 0 Å². The number of carbonyl (C=O) groups excluding carboxylic acids is 2. The zero-order chi connectivity index (χ0) is 27.9. The summed E-state index contributed by atoms with van der Waals surface area (Å²) < 4.78 is 12.5. The van der Waals surface area contributed by atoms with Crippen LogP contribution in [0.4, 0.5) is 0 Å². The van der Waals surface area contributed by atoms with Crippen molar-refractivity contribution in [2.75, 3.05) is 0 Å². The van der Waals surface area contributed by atoms with E-state index in [-0.39, 0.29) is 12.8 Å². The third kappa shape index (κ3) is 5.15. The Labute approximate surface area is 233 Å². The van der Waals surface area contributed by atoms with E-state index in [0.717, 1.165) is 26.9 Å². The molecule has 2 atom stereocenters.